The van der Waals surface area contributed by atoms with Crippen LogP contribution in [0.4, 0.5) is 0 Å². The zero-order valence-corrected chi connectivity index (χ0v) is 15.1. The van der Waals surface area contributed by atoms with E-state index in [2.05, 4.69) is 24.5 Å². The number of rotatable bonds is 7. The summed E-state index contributed by atoms with van der Waals surface area (Å²) in [6.45, 7) is 9.36. The van der Waals surface area contributed by atoms with Gasteiger partial charge in [0.1, 0.15) is 5.76 Å². The highest BCUT2D eigenvalue weighted by Gasteiger charge is 2.33. The Bertz CT molecular complexity index is 466. The average Bonchev–Trinajstić information content (AvgIpc) is 2.88. The molecule has 1 fully saturated rings. The Labute approximate surface area is 128 Å². The second kappa shape index (κ2) is 7.25. The maximum absolute atomic E-state index is 13.3. The molecular weight excluding hydrogens is 305 g/mol. The van der Waals surface area contributed by atoms with Crippen molar-refractivity contribution in [2.75, 3.05) is 38.8 Å². The predicted molar refractivity (Wildman–Crippen MR) is 86.6 cm³/mol. The summed E-state index contributed by atoms with van der Waals surface area (Å²) in [5.41, 5.74) is 0. The standard InChI is InChI=1S/C14H26NO4PSi/c1-21(2,3)19-20(16,12-6-14-5-4-9-18-14)13-15-7-10-17-11-8-15/h4-5,9H,6-8,10-13H2,1-3H3. The lowest BCUT2D eigenvalue weighted by atomic mass is 10.4. The molecule has 1 atom stereocenters. The molecule has 0 amide bonds. The molecule has 2 heterocycles. The lowest BCUT2D eigenvalue weighted by Gasteiger charge is -2.33. The molecule has 1 aromatic rings. The number of nitrogens with zero attached hydrogens (tertiary/aromatic N) is 1. The second-order valence-electron chi connectivity index (χ2n) is 6.44. The van der Waals surface area contributed by atoms with Crippen LogP contribution in [0.25, 0.3) is 0 Å². The minimum atomic E-state index is -2.68. The molecule has 1 unspecified atom stereocenters. The van der Waals surface area contributed by atoms with E-state index in [0.29, 0.717) is 32.1 Å². The molecule has 1 aliphatic heterocycles. The van der Waals surface area contributed by atoms with Gasteiger partial charge >= 0.3 is 0 Å². The number of furan rings is 1. The third kappa shape index (κ3) is 6.08. The van der Waals surface area contributed by atoms with E-state index in [0.717, 1.165) is 18.8 Å². The Morgan fingerprint density at radius 3 is 2.62 bits per heavy atom. The maximum atomic E-state index is 13.3. The third-order valence-electron chi connectivity index (χ3n) is 3.24. The van der Waals surface area contributed by atoms with Gasteiger partial charge in [-0.3, -0.25) is 9.46 Å². The van der Waals surface area contributed by atoms with Crippen molar-refractivity contribution in [3.63, 3.8) is 0 Å². The van der Waals surface area contributed by atoms with Crippen LogP contribution in [0.3, 0.4) is 0 Å². The van der Waals surface area contributed by atoms with Crippen LogP contribution >= 0.6 is 7.37 Å². The van der Waals surface area contributed by atoms with Crippen molar-refractivity contribution in [1.82, 2.24) is 4.90 Å². The molecule has 0 bridgehead atoms. The van der Waals surface area contributed by atoms with E-state index in [4.69, 9.17) is 13.4 Å². The summed E-state index contributed by atoms with van der Waals surface area (Å²) in [5.74, 6) is 0.872. The van der Waals surface area contributed by atoms with Gasteiger partial charge in [0, 0.05) is 25.7 Å². The van der Waals surface area contributed by atoms with Gasteiger partial charge in [-0.2, -0.15) is 0 Å². The van der Waals surface area contributed by atoms with Crippen molar-refractivity contribution in [3.05, 3.63) is 24.2 Å². The van der Waals surface area contributed by atoms with Gasteiger partial charge in [-0.05, 0) is 31.8 Å². The van der Waals surface area contributed by atoms with Crippen LogP contribution in [0.2, 0.25) is 19.6 Å². The van der Waals surface area contributed by atoms with Gasteiger partial charge < -0.3 is 13.4 Å². The van der Waals surface area contributed by atoms with Crippen molar-refractivity contribution in [2.45, 2.75) is 26.1 Å². The number of aryl methyl sites for hydroxylation is 1. The smallest absolute Gasteiger partial charge is 0.207 e. The second-order valence-corrected chi connectivity index (χ2v) is 13.8. The van der Waals surface area contributed by atoms with Crippen LogP contribution in [0.5, 0.6) is 0 Å². The van der Waals surface area contributed by atoms with Crippen molar-refractivity contribution < 1.29 is 17.9 Å². The monoisotopic (exact) mass is 331 g/mol. The quantitative estimate of drug-likeness (QED) is 0.567. The van der Waals surface area contributed by atoms with Crippen molar-refractivity contribution >= 4 is 15.7 Å². The van der Waals surface area contributed by atoms with Crippen LogP contribution in [0.1, 0.15) is 5.76 Å². The molecule has 0 aromatic carbocycles. The van der Waals surface area contributed by atoms with Gasteiger partial charge in [0.25, 0.3) is 0 Å². The Balaban J connectivity index is 2.00. The largest absolute Gasteiger partial charge is 0.469 e. The summed E-state index contributed by atoms with van der Waals surface area (Å²) in [7, 11) is -4.53. The number of morpholine rings is 1. The Kier molecular flexibility index (Phi) is 5.86. The molecule has 7 heteroatoms. The highest BCUT2D eigenvalue weighted by atomic mass is 31.2. The molecule has 0 aliphatic carbocycles. The van der Waals surface area contributed by atoms with Gasteiger partial charge in [0.2, 0.25) is 7.37 Å². The summed E-state index contributed by atoms with van der Waals surface area (Å²) < 4.78 is 30.1. The highest BCUT2D eigenvalue weighted by Crippen LogP contribution is 2.50. The first-order valence-electron chi connectivity index (χ1n) is 7.48. The van der Waals surface area contributed by atoms with Gasteiger partial charge in [-0.1, -0.05) is 0 Å². The zero-order chi connectivity index (χ0) is 15.3. The first-order valence-corrected chi connectivity index (χ1v) is 12.9. The summed E-state index contributed by atoms with van der Waals surface area (Å²) in [4.78, 5) is 2.20. The normalized spacial score (nSPS) is 20.3. The van der Waals surface area contributed by atoms with Gasteiger partial charge in [-0.15, -0.1) is 0 Å². The Hall–Kier alpha value is -0.393. The first kappa shape index (κ1) is 17.0. The summed E-state index contributed by atoms with van der Waals surface area (Å²) in [6.07, 6.45) is 3.39. The Morgan fingerprint density at radius 1 is 1.33 bits per heavy atom. The van der Waals surface area contributed by atoms with Crippen LogP contribution in [-0.2, 0) is 19.9 Å². The molecule has 0 radical (unpaired) electrons. The fourth-order valence-corrected chi connectivity index (χ4v) is 8.61. The lowest BCUT2D eigenvalue weighted by Crippen LogP contribution is -2.38. The molecule has 1 saturated heterocycles. The van der Waals surface area contributed by atoms with E-state index in [1.807, 2.05) is 12.1 Å². The van der Waals surface area contributed by atoms with E-state index in [1.165, 1.54) is 0 Å². The van der Waals surface area contributed by atoms with Crippen LogP contribution < -0.4 is 0 Å². The van der Waals surface area contributed by atoms with E-state index in [-0.39, 0.29) is 0 Å². The van der Waals surface area contributed by atoms with Crippen molar-refractivity contribution in [3.8, 4) is 0 Å². The fourth-order valence-electron chi connectivity index (χ4n) is 2.43. The van der Waals surface area contributed by atoms with E-state index in [1.54, 1.807) is 6.26 Å². The van der Waals surface area contributed by atoms with Crippen molar-refractivity contribution in [2.24, 2.45) is 0 Å². The van der Waals surface area contributed by atoms with Crippen LogP contribution in [0, 0.1) is 0 Å². The van der Waals surface area contributed by atoms with Gasteiger partial charge in [0.15, 0.2) is 8.32 Å². The molecule has 0 spiro atoms. The van der Waals surface area contributed by atoms with Gasteiger partial charge in [0.05, 0.1) is 25.8 Å². The topological polar surface area (TPSA) is 51.9 Å². The molecule has 0 saturated carbocycles. The predicted octanol–water partition coefficient (Wildman–Crippen LogP) is 3.24. The summed E-state index contributed by atoms with van der Waals surface area (Å²) in [6, 6.07) is 3.79. The number of ether oxygens (including phenoxy) is 1. The third-order valence-corrected chi connectivity index (χ3v) is 8.50. The summed E-state index contributed by atoms with van der Waals surface area (Å²) >= 11 is 0. The molecule has 120 valence electrons. The Morgan fingerprint density at radius 2 is 2.05 bits per heavy atom. The molecule has 5 nitrogen and oxygen atoms in total. The van der Waals surface area contributed by atoms with Crippen LogP contribution in [0.15, 0.2) is 22.8 Å². The lowest BCUT2D eigenvalue weighted by molar-refractivity contribution is 0.0454. The summed E-state index contributed by atoms with van der Waals surface area (Å²) in [5, 5.41) is 0. The van der Waals surface area contributed by atoms with Crippen molar-refractivity contribution in [1.29, 1.82) is 0 Å². The zero-order valence-electron chi connectivity index (χ0n) is 13.2. The van der Waals surface area contributed by atoms with E-state index in [9.17, 15) is 4.57 Å². The molecule has 2 rings (SSSR count). The minimum Gasteiger partial charge on any atom is -0.469 e. The molecule has 1 aliphatic rings. The first-order chi connectivity index (χ1) is 9.86. The molecular formula is C14H26NO4PSi. The number of hydrogen-bond acceptors (Lipinski definition) is 5. The fraction of sp³-hybridized carbons (Fsp3) is 0.714. The maximum Gasteiger partial charge on any atom is 0.207 e. The molecule has 1 aromatic heterocycles. The minimum absolute atomic E-state index is 0.529. The SMILES string of the molecule is C[Si](C)(C)OP(=O)(CCc1ccco1)CN1CCOCC1. The number of hydrogen-bond donors (Lipinski definition) is 0. The van der Waals surface area contributed by atoms with E-state index >= 15 is 0 Å². The van der Waals surface area contributed by atoms with Gasteiger partial charge in [-0.25, -0.2) is 0 Å². The molecule has 21 heavy (non-hydrogen) atoms. The van der Waals surface area contributed by atoms with Crippen LogP contribution in [-0.4, -0.2) is 52.0 Å². The average molecular weight is 331 g/mol. The molecule has 0 N–H and O–H groups in total. The highest BCUT2D eigenvalue weighted by molar-refractivity contribution is 7.60. The van der Waals surface area contributed by atoms with E-state index < -0.39 is 15.7 Å².